The Morgan fingerprint density at radius 1 is 1.09 bits per heavy atom. The zero-order valence-electron chi connectivity index (χ0n) is 18.4. The molecule has 3 aliphatic rings. The number of likely N-dealkylation sites (tertiary alicyclic amines) is 1. The second-order valence-electron chi connectivity index (χ2n) is 8.85. The Morgan fingerprint density at radius 3 is 2.50 bits per heavy atom. The maximum Gasteiger partial charge on any atom is 0.332 e. The molecule has 0 N–H and O–H groups in total. The van der Waals surface area contributed by atoms with Crippen molar-refractivity contribution in [2.75, 3.05) is 31.6 Å². The summed E-state index contributed by atoms with van der Waals surface area (Å²) in [4.78, 5) is 31.8. The molecule has 0 bridgehead atoms. The molecule has 1 unspecified atom stereocenters. The third-order valence-electron chi connectivity index (χ3n) is 7.35. The van der Waals surface area contributed by atoms with Gasteiger partial charge in [0.25, 0.3) is 5.91 Å². The largest absolute Gasteiger partial charge is 0.493 e. The van der Waals surface area contributed by atoms with Crippen molar-refractivity contribution in [2.24, 2.45) is 0 Å². The number of ether oxygens (including phenoxy) is 1. The van der Waals surface area contributed by atoms with Gasteiger partial charge in [-0.05, 0) is 61.2 Å². The summed E-state index contributed by atoms with van der Waals surface area (Å²) in [6.45, 7) is 4.38. The average Bonchev–Trinajstić information content (AvgIpc) is 3.37. The third kappa shape index (κ3) is 3.06. The van der Waals surface area contributed by atoms with Crippen molar-refractivity contribution in [1.29, 1.82) is 5.26 Å². The Kier molecular flexibility index (Phi) is 4.90. The van der Waals surface area contributed by atoms with Crippen LogP contribution >= 0.6 is 0 Å². The van der Waals surface area contributed by atoms with Gasteiger partial charge in [0.2, 0.25) is 0 Å². The van der Waals surface area contributed by atoms with Gasteiger partial charge in [0, 0.05) is 32.6 Å². The van der Waals surface area contributed by atoms with Crippen molar-refractivity contribution < 1.29 is 14.3 Å². The van der Waals surface area contributed by atoms with E-state index in [1.807, 2.05) is 0 Å². The minimum atomic E-state index is -0.817. The Hall–Kier alpha value is -3.37. The number of carbonyl (C=O) groups is 2. The van der Waals surface area contributed by atoms with Crippen LogP contribution in [-0.4, -0.2) is 54.0 Å². The molecule has 164 valence electrons. The number of imide groups is 1. The van der Waals surface area contributed by atoms with Gasteiger partial charge in [-0.15, -0.1) is 0 Å². The molecule has 3 aliphatic heterocycles. The first-order valence-electron chi connectivity index (χ1n) is 11.1. The predicted molar refractivity (Wildman–Crippen MR) is 119 cm³/mol. The topological polar surface area (TPSA) is 76.9 Å². The summed E-state index contributed by atoms with van der Waals surface area (Å²) in [5.74, 6) is 0.810. The van der Waals surface area contributed by atoms with Gasteiger partial charge in [-0.25, -0.2) is 9.69 Å². The van der Waals surface area contributed by atoms with Crippen molar-refractivity contribution in [3.05, 3.63) is 59.2 Å². The van der Waals surface area contributed by atoms with Crippen LogP contribution in [0.15, 0.2) is 42.5 Å². The molecule has 2 fully saturated rings. The first-order chi connectivity index (χ1) is 15.4. The van der Waals surface area contributed by atoms with Gasteiger partial charge in [-0.1, -0.05) is 12.1 Å². The third-order valence-corrected chi connectivity index (χ3v) is 7.35. The maximum atomic E-state index is 13.5. The molecule has 2 aromatic carbocycles. The fourth-order valence-corrected chi connectivity index (χ4v) is 5.17. The van der Waals surface area contributed by atoms with Crippen LogP contribution in [0.25, 0.3) is 0 Å². The lowest BCUT2D eigenvalue weighted by Gasteiger charge is -2.43. The Bertz CT molecular complexity index is 1110. The number of carbonyl (C=O) groups excluding carboxylic acids is 2. The number of amides is 3. The van der Waals surface area contributed by atoms with Crippen LogP contribution in [0.4, 0.5) is 10.5 Å². The van der Waals surface area contributed by atoms with Crippen molar-refractivity contribution in [2.45, 2.75) is 37.8 Å². The van der Waals surface area contributed by atoms with Crippen molar-refractivity contribution in [1.82, 2.24) is 9.80 Å². The molecule has 7 heteroatoms. The first kappa shape index (κ1) is 20.5. The number of anilines is 1. The number of rotatable bonds is 3. The van der Waals surface area contributed by atoms with Gasteiger partial charge in [0.15, 0.2) is 0 Å². The molecule has 1 spiro atoms. The van der Waals surface area contributed by atoms with E-state index in [-0.39, 0.29) is 18.0 Å². The molecule has 3 amide bonds. The number of likely N-dealkylation sites (N-methyl/N-ethyl adjacent to an activating group) is 1. The maximum absolute atomic E-state index is 13.5. The van der Waals surface area contributed by atoms with Crippen LogP contribution in [0.3, 0.4) is 0 Å². The van der Waals surface area contributed by atoms with Gasteiger partial charge < -0.3 is 9.64 Å². The normalized spacial score (nSPS) is 20.9. The number of piperidine rings is 1. The minimum Gasteiger partial charge on any atom is -0.493 e. The predicted octanol–water partition coefficient (Wildman–Crippen LogP) is 3.49. The summed E-state index contributed by atoms with van der Waals surface area (Å²) in [5, 5.41) is 9.02. The van der Waals surface area contributed by atoms with E-state index in [1.54, 1.807) is 36.2 Å². The summed E-state index contributed by atoms with van der Waals surface area (Å²) in [7, 11) is 1.72. The quantitative estimate of drug-likeness (QED) is 0.697. The summed E-state index contributed by atoms with van der Waals surface area (Å²) in [6, 6.07) is 15.0. The van der Waals surface area contributed by atoms with Gasteiger partial charge in [0.1, 0.15) is 11.3 Å². The molecule has 5 rings (SSSR count). The Balaban J connectivity index is 1.33. The highest BCUT2D eigenvalue weighted by molar-refractivity contribution is 6.23. The van der Waals surface area contributed by atoms with Gasteiger partial charge >= 0.3 is 6.03 Å². The van der Waals surface area contributed by atoms with E-state index >= 15 is 0 Å². The monoisotopic (exact) mass is 430 g/mol. The first-order valence-corrected chi connectivity index (χ1v) is 11.1. The van der Waals surface area contributed by atoms with Crippen LogP contribution in [0, 0.1) is 11.3 Å². The molecule has 0 aromatic heterocycles. The number of hydrogen-bond donors (Lipinski definition) is 0. The molecule has 3 heterocycles. The van der Waals surface area contributed by atoms with E-state index in [2.05, 4.69) is 36.1 Å². The zero-order valence-corrected chi connectivity index (χ0v) is 18.4. The summed E-state index contributed by atoms with van der Waals surface area (Å²) < 4.78 is 5.73. The lowest BCUT2D eigenvalue weighted by Crippen LogP contribution is -2.55. The van der Waals surface area contributed by atoms with Gasteiger partial charge in [-0.2, -0.15) is 5.26 Å². The van der Waals surface area contributed by atoms with E-state index in [9.17, 15) is 9.59 Å². The van der Waals surface area contributed by atoms with E-state index in [4.69, 9.17) is 10.00 Å². The number of benzene rings is 2. The molecule has 0 saturated carbocycles. The van der Waals surface area contributed by atoms with Crippen molar-refractivity contribution in [3.8, 4) is 11.8 Å². The SMILES string of the molecule is CC(c1ccc2c(c1)OCC2)N1CCC2(CC1)C(=O)N(c1ccc(C#N)cc1)C(=O)N2C. The van der Waals surface area contributed by atoms with Crippen LogP contribution in [-0.2, 0) is 11.2 Å². The van der Waals surface area contributed by atoms with E-state index in [0.29, 0.717) is 24.1 Å². The molecular formula is C25H26N4O3. The Labute approximate surface area is 187 Å². The molecule has 7 nitrogen and oxygen atoms in total. The minimum absolute atomic E-state index is 0.173. The fourth-order valence-electron chi connectivity index (χ4n) is 5.17. The van der Waals surface area contributed by atoms with Gasteiger partial charge in [0.05, 0.1) is 23.9 Å². The average molecular weight is 431 g/mol. The molecule has 1 atom stereocenters. The molecule has 0 radical (unpaired) electrons. The van der Waals surface area contributed by atoms with E-state index in [1.165, 1.54) is 16.0 Å². The van der Waals surface area contributed by atoms with Crippen molar-refractivity contribution >= 4 is 17.6 Å². The van der Waals surface area contributed by atoms with Crippen LogP contribution in [0.2, 0.25) is 0 Å². The second-order valence-corrected chi connectivity index (χ2v) is 8.85. The number of nitrogens with zero attached hydrogens (tertiary/aromatic N) is 4. The fraction of sp³-hybridized carbons (Fsp3) is 0.400. The molecule has 2 saturated heterocycles. The van der Waals surface area contributed by atoms with Crippen LogP contribution in [0.1, 0.15) is 42.5 Å². The summed E-state index contributed by atoms with van der Waals surface area (Å²) in [6.07, 6.45) is 2.15. The standard InChI is InChI=1S/C25H26N4O3/c1-17(20-6-5-19-9-14-32-22(19)15-20)28-12-10-25(11-13-28)23(30)29(24(31)27(25)2)21-7-3-18(16-26)4-8-21/h3-8,15,17H,9-14H2,1-2H3. The number of nitriles is 1. The molecular weight excluding hydrogens is 404 g/mol. The highest BCUT2D eigenvalue weighted by Crippen LogP contribution is 2.40. The van der Waals surface area contributed by atoms with Crippen LogP contribution < -0.4 is 9.64 Å². The number of hydrogen-bond acceptors (Lipinski definition) is 5. The zero-order chi connectivity index (χ0) is 22.5. The Morgan fingerprint density at radius 2 is 1.81 bits per heavy atom. The molecule has 0 aliphatic carbocycles. The lowest BCUT2D eigenvalue weighted by atomic mass is 9.85. The lowest BCUT2D eigenvalue weighted by molar-refractivity contribution is -0.127. The molecule has 32 heavy (non-hydrogen) atoms. The second kappa shape index (κ2) is 7.64. The van der Waals surface area contributed by atoms with Crippen LogP contribution in [0.5, 0.6) is 5.75 Å². The van der Waals surface area contributed by atoms with Crippen molar-refractivity contribution in [3.63, 3.8) is 0 Å². The number of fused-ring (bicyclic) bond motifs is 1. The smallest absolute Gasteiger partial charge is 0.332 e. The number of urea groups is 1. The summed E-state index contributed by atoms with van der Waals surface area (Å²) >= 11 is 0. The molecule has 2 aromatic rings. The van der Waals surface area contributed by atoms with E-state index in [0.717, 1.165) is 31.9 Å². The van der Waals surface area contributed by atoms with E-state index < -0.39 is 5.54 Å². The van der Waals surface area contributed by atoms with Gasteiger partial charge in [-0.3, -0.25) is 9.69 Å². The highest BCUT2D eigenvalue weighted by Gasteiger charge is 2.57. The summed E-state index contributed by atoms with van der Waals surface area (Å²) in [5.41, 5.74) is 2.66. The highest BCUT2D eigenvalue weighted by atomic mass is 16.5.